The van der Waals surface area contributed by atoms with Gasteiger partial charge in [-0.25, -0.2) is 4.98 Å². The fourth-order valence-corrected chi connectivity index (χ4v) is 2.70. The Bertz CT molecular complexity index is 551. The zero-order valence-electron chi connectivity index (χ0n) is 11.1. The topological polar surface area (TPSA) is 54.9 Å². The van der Waals surface area contributed by atoms with Crippen molar-refractivity contribution in [1.82, 2.24) is 9.97 Å². The van der Waals surface area contributed by atoms with Gasteiger partial charge in [-0.2, -0.15) is 0 Å². The number of aryl methyl sites for hydroxylation is 3. The van der Waals surface area contributed by atoms with Gasteiger partial charge < -0.3 is 5.32 Å². The summed E-state index contributed by atoms with van der Waals surface area (Å²) in [6.45, 7) is 4.09. The van der Waals surface area contributed by atoms with Crippen molar-refractivity contribution in [2.45, 2.75) is 33.1 Å². The number of nitrogens with one attached hydrogen (secondary N) is 1. The summed E-state index contributed by atoms with van der Waals surface area (Å²) in [4.78, 5) is 21.6. The third kappa shape index (κ3) is 3.86. The number of carbonyl (C=O) groups is 1. The van der Waals surface area contributed by atoms with Crippen LogP contribution in [0.5, 0.6) is 0 Å². The molecule has 19 heavy (non-hydrogen) atoms. The van der Waals surface area contributed by atoms with Crippen LogP contribution in [-0.4, -0.2) is 15.9 Å². The van der Waals surface area contributed by atoms with Gasteiger partial charge in [0.2, 0.25) is 5.91 Å². The summed E-state index contributed by atoms with van der Waals surface area (Å²) >= 11 is 1.53. The molecule has 2 rings (SSSR count). The van der Waals surface area contributed by atoms with Crippen molar-refractivity contribution in [3.63, 3.8) is 0 Å². The number of thiazole rings is 1. The highest BCUT2D eigenvalue weighted by Crippen LogP contribution is 2.22. The fraction of sp³-hybridized carbons (Fsp3) is 0.357. The molecule has 0 fully saturated rings. The second-order valence-corrected chi connectivity index (χ2v) is 5.45. The summed E-state index contributed by atoms with van der Waals surface area (Å²) in [7, 11) is 0. The zero-order chi connectivity index (χ0) is 13.7. The van der Waals surface area contributed by atoms with E-state index in [-0.39, 0.29) is 5.91 Å². The van der Waals surface area contributed by atoms with Gasteiger partial charge in [-0.05, 0) is 31.9 Å². The lowest BCUT2D eigenvalue weighted by Gasteiger charge is -2.01. The molecule has 100 valence electrons. The van der Waals surface area contributed by atoms with E-state index < -0.39 is 0 Å². The average Bonchev–Trinajstić information content (AvgIpc) is 2.77. The monoisotopic (exact) mass is 275 g/mol. The minimum absolute atomic E-state index is 0.0120. The van der Waals surface area contributed by atoms with Crippen LogP contribution in [0, 0.1) is 6.92 Å². The molecular formula is C14H17N3OS. The molecule has 0 aliphatic heterocycles. The highest BCUT2D eigenvalue weighted by atomic mass is 32.1. The van der Waals surface area contributed by atoms with E-state index in [1.165, 1.54) is 16.2 Å². The second kappa shape index (κ2) is 6.43. The molecule has 1 N–H and O–H groups in total. The molecular weight excluding hydrogens is 258 g/mol. The number of anilines is 1. The maximum atomic E-state index is 11.8. The van der Waals surface area contributed by atoms with E-state index in [0.29, 0.717) is 18.0 Å². The van der Waals surface area contributed by atoms with Crippen LogP contribution in [0.15, 0.2) is 24.4 Å². The van der Waals surface area contributed by atoms with Gasteiger partial charge in [0.1, 0.15) is 0 Å². The van der Waals surface area contributed by atoms with Crippen molar-refractivity contribution in [3.05, 3.63) is 40.7 Å². The normalized spacial score (nSPS) is 10.4. The lowest BCUT2D eigenvalue weighted by atomic mass is 10.2. The minimum Gasteiger partial charge on any atom is -0.302 e. The molecule has 2 heterocycles. The standard InChI is InChI=1S/C14H17N3OS/c1-3-12-10(2)19-14(16-12)17-13(18)8-7-11-6-4-5-9-15-11/h4-6,9H,3,7-8H2,1-2H3,(H,16,17,18). The number of carbonyl (C=O) groups excluding carboxylic acids is 1. The largest absolute Gasteiger partial charge is 0.302 e. The van der Waals surface area contributed by atoms with Gasteiger partial charge >= 0.3 is 0 Å². The van der Waals surface area contributed by atoms with Crippen molar-refractivity contribution in [2.75, 3.05) is 5.32 Å². The molecule has 0 bridgehead atoms. The Morgan fingerprint density at radius 2 is 2.26 bits per heavy atom. The molecule has 0 aliphatic carbocycles. The first-order valence-corrected chi connectivity index (χ1v) is 7.16. The Kier molecular flexibility index (Phi) is 4.63. The number of pyridine rings is 1. The molecule has 5 heteroatoms. The number of aromatic nitrogens is 2. The number of nitrogens with zero attached hydrogens (tertiary/aromatic N) is 2. The van der Waals surface area contributed by atoms with Crippen LogP contribution in [0.25, 0.3) is 0 Å². The number of hydrogen-bond donors (Lipinski definition) is 1. The quantitative estimate of drug-likeness (QED) is 0.912. The number of amides is 1. The van der Waals surface area contributed by atoms with Crippen LogP contribution in [-0.2, 0) is 17.6 Å². The Balaban J connectivity index is 1.87. The Morgan fingerprint density at radius 3 is 2.89 bits per heavy atom. The van der Waals surface area contributed by atoms with Crippen LogP contribution in [0.3, 0.4) is 0 Å². The molecule has 0 radical (unpaired) electrons. The lowest BCUT2D eigenvalue weighted by Crippen LogP contribution is -2.12. The average molecular weight is 275 g/mol. The van der Waals surface area contributed by atoms with Gasteiger partial charge in [-0.1, -0.05) is 13.0 Å². The lowest BCUT2D eigenvalue weighted by molar-refractivity contribution is -0.116. The molecule has 0 atom stereocenters. The van der Waals surface area contributed by atoms with E-state index >= 15 is 0 Å². The van der Waals surface area contributed by atoms with Crippen molar-refractivity contribution in [3.8, 4) is 0 Å². The first kappa shape index (κ1) is 13.7. The summed E-state index contributed by atoms with van der Waals surface area (Å²) < 4.78 is 0. The molecule has 0 aromatic carbocycles. The number of rotatable bonds is 5. The summed E-state index contributed by atoms with van der Waals surface area (Å²) in [5, 5.41) is 3.54. The van der Waals surface area contributed by atoms with E-state index in [0.717, 1.165) is 17.8 Å². The molecule has 0 unspecified atom stereocenters. The second-order valence-electron chi connectivity index (χ2n) is 4.24. The van der Waals surface area contributed by atoms with E-state index in [1.54, 1.807) is 6.20 Å². The van der Waals surface area contributed by atoms with Crippen LogP contribution >= 0.6 is 11.3 Å². The molecule has 0 saturated carbocycles. The molecule has 2 aromatic heterocycles. The van der Waals surface area contributed by atoms with Gasteiger partial charge in [0.05, 0.1) is 5.69 Å². The predicted octanol–water partition coefficient (Wildman–Crippen LogP) is 2.98. The SMILES string of the molecule is CCc1nc(NC(=O)CCc2ccccn2)sc1C. The third-order valence-corrected chi connectivity index (χ3v) is 3.74. The van der Waals surface area contributed by atoms with E-state index in [4.69, 9.17) is 0 Å². The highest BCUT2D eigenvalue weighted by Gasteiger charge is 2.09. The summed E-state index contributed by atoms with van der Waals surface area (Å²) in [6.07, 6.45) is 3.71. The smallest absolute Gasteiger partial charge is 0.226 e. The number of hydrogen-bond acceptors (Lipinski definition) is 4. The highest BCUT2D eigenvalue weighted by molar-refractivity contribution is 7.15. The van der Waals surface area contributed by atoms with Gasteiger partial charge in [-0.15, -0.1) is 11.3 Å². The van der Waals surface area contributed by atoms with Gasteiger partial charge in [0.25, 0.3) is 0 Å². The van der Waals surface area contributed by atoms with Crippen molar-refractivity contribution in [2.24, 2.45) is 0 Å². The summed E-state index contributed by atoms with van der Waals surface area (Å²) in [6, 6.07) is 5.72. The van der Waals surface area contributed by atoms with Crippen LogP contribution < -0.4 is 5.32 Å². The summed E-state index contributed by atoms with van der Waals surface area (Å²) in [5.41, 5.74) is 1.99. The van der Waals surface area contributed by atoms with Gasteiger partial charge in [0, 0.05) is 23.2 Å². The van der Waals surface area contributed by atoms with Gasteiger partial charge in [-0.3, -0.25) is 9.78 Å². The van der Waals surface area contributed by atoms with Gasteiger partial charge in [0.15, 0.2) is 5.13 Å². The first-order chi connectivity index (χ1) is 9.19. The minimum atomic E-state index is -0.0120. The molecule has 0 aliphatic rings. The van der Waals surface area contributed by atoms with Crippen molar-refractivity contribution < 1.29 is 4.79 Å². The fourth-order valence-electron chi connectivity index (χ4n) is 1.78. The van der Waals surface area contributed by atoms with Crippen molar-refractivity contribution >= 4 is 22.4 Å². The maximum absolute atomic E-state index is 11.8. The predicted molar refractivity (Wildman–Crippen MR) is 77.4 cm³/mol. The van der Waals surface area contributed by atoms with Crippen LogP contribution in [0.4, 0.5) is 5.13 Å². The van der Waals surface area contributed by atoms with Crippen LogP contribution in [0.1, 0.15) is 29.6 Å². The van der Waals surface area contributed by atoms with Crippen LogP contribution in [0.2, 0.25) is 0 Å². The molecule has 0 saturated heterocycles. The Hall–Kier alpha value is -1.75. The van der Waals surface area contributed by atoms with E-state index in [2.05, 4.69) is 22.2 Å². The Labute approximate surface area is 116 Å². The molecule has 0 spiro atoms. The van der Waals surface area contributed by atoms with E-state index in [9.17, 15) is 4.79 Å². The Morgan fingerprint density at radius 1 is 1.42 bits per heavy atom. The summed E-state index contributed by atoms with van der Waals surface area (Å²) in [5.74, 6) is -0.0120. The molecule has 1 amide bonds. The zero-order valence-corrected chi connectivity index (χ0v) is 12.0. The van der Waals surface area contributed by atoms with Crippen molar-refractivity contribution in [1.29, 1.82) is 0 Å². The first-order valence-electron chi connectivity index (χ1n) is 6.35. The third-order valence-electron chi connectivity index (χ3n) is 2.81. The molecule has 2 aromatic rings. The molecule has 4 nitrogen and oxygen atoms in total. The van der Waals surface area contributed by atoms with E-state index in [1.807, 2.05) is 25.1 Å². The maximum Gasteiger partial charge on any atom is 0.226 e.